The van der Waals surface area contributed by atoms with E-state index in [2.05, 4.69) is 46.3 Å². The Morgan fingerprint density at radius 2 is 1.65 bits per heavy atom. The number of amides is 3. The van der Waals surface area contributed by atoms with Crippen LogP contribution in [0.4, 0.5) is 16.4 Å². The van der Waals surface area contributed by atoms with Gasteiger partial charge in [-0.2, -0.15) is 5.26 Å². The minimum Gasteiger partial charge on any atom is -0.378 e. The van der Waals surface area contributed by atoms with Crippen molar-refractivity contribution in [3.63, 3.8) is 0 Å². The molecule has 0 radical (unpaired) electrons. The highest BCUT2D eigenvalue weighted by atomic mass is 32.2. The summed E-state index contributed by atoms with van der Waals surface area (Å²) < 4.78 is 0. The van der Waals surface area contributed by atoms with Crippen LogP contribution in [-0.2, 0) is 22.4 Å². The number of benzene rings is 4. The van der Waals surface area contributed by atoms with Gasteiger partial charge in [0.2, 0.25) is 5.91 Å². The Bertz CT molecular complexity index is 2100. The van der Waals surface area contributed by atoms with Gasteiger partial charge in [0.25, 0.3) is 11.8 Å². The van der Waals surface area contributed by atoms with Gasteiger partial charge in [-0.1, -0.05) is 66.7 Å². The van der Waals surface area contributed by atoms with Crippen LogP contribution in [0.15, 0.2) is 120 Å². The van der Waals surface area contributed by atoms with Crippen LogP contribution in [0.2, 0.25) is 0 Å². The zero-order valence-electron chi connectivity index (χ0n) is 28.3. The largest absolute Gasteiger partial charge is 0.378 e. The SMILES string of the molecule is CN(C)c1ccc(/C=C(/NC(=O)c2ccccc2)C(=O)Nc2cccc(SCC(=O)Nc3sc4c(c3C#N)CCC(c3ccccc3)C4)c2)cc1. The Morgan fingerprint density at radius 1 is 0.922 bits per heavy atom. The van der Waals surface area contributed by atoms with Crippen LogP contribution in [-0.4, -0.2) is 37.6 Å². The van der Waals surface area contributed by atoms with E-state index in [1.807, 2.05) is 61.5 Å². The van der Waals surface area contributed by atoms with Gasteiger partial charge < -0.3 is 20.9 Å². The first-order valence-electron chi connectivity index (χ1n) is 16.6. The number of hydrogen-bond donors (Lipinski definition) is 3. The third kappa shape index (κ3) is 8.94. The molecule has 1 aliphatic carbocycles. The number of nitrogens with one attached hydrogen (secondary N) is 3. The van der Waals surface area contributed by atoms with Gasteiger partial charge in [0.15, 0.2) is 0 Å². The smallest absolute Gasteiger partial charge is 0.272 e. The predicted octanol–water partition coefficient (Wildman–Crippen LogP) is 8.10. The fraction of sp³-hybridized carbons (Fsp3) is 0.171. The van der Waals surface area contributed by atoms with Crippen LogP contribution in [0, 0.1) is 11.3 Å². The summed E-state index contributed by atoms with van der Waals surface area (Å²) in [5, 5.41) is 19.2. The third-order valence-electron chi connectivity index (χ3n) is 8.61. The van der Waals surface area contributed by atoms with E-state index in [9.17, 15) is 19.6 Å². The maximum absolute atomic E-state index is 13.6. The fourth-order valence-corrected chi connectivity index (χ4v) is 8.00. The molecule has 0 spiro atoms. The van der Waals surface area contributed by atoms with Crippen molar-refractivity contribution < 1.29 is 14.4 Å². The molecule has 51 heavy (non-hydrogen) atoms. The molecule has 256 valence electrons. The highest BCUT2D eigenvalue weighted by Gasteiger charge is 2.27. The average Bonchev–Trinajstić information content (AvgIpc) is 3.50. The summed E-state index contributed by atoms with van der Waals surface area (Å²) in [5.74, 6) is -0.579. The van der Waals surface area contributed by atoms with Crippen LogP contribution in [0.25, 0.3) is 6.08 Å². The van der Waals surface area contributed by atoms with E-state index in [0.717, 1.165) is 45.8 Å². The second-order valence-electron chi connectivity index (χ2n) is 12.4. The van der Waals surface area contributed by atoms with Crippen molar-refractivity contribution in [3.05, 3.63) is 148 Å². The van der Waals surface area contributed by atoms with E-state index in [1.165, 1.54) is 28.7 Å². The van der Waals surface area contributed by atoms with Crippen molar-refractivity contribution in [3.8, 4) is 6.07 Å². The van der Waals surface area contributed by atoms with E-state index in [1.54, 1.807) is 48.5 Å². The number of nitrogens with zero attached hydrogens (tertiary/aromatic N) is 2. The summed E-state index contributed by atoms with van der Waals surface area (Å²) in [6.07, 6.45) is 4.28. The maximum atomic E-state index is 13.6. The molecule has 0 fully saturated rings. The summed E-state index contributed by atoms with van der Waals surface area (Å²) in [6, 6.07) is 36.3. The number of rotatable bonds is 11. The van der Waals surface area contributed by atoms with Crippen LogP contribution in [0.5, 0.6) is 0 Å². The second-order valence-corrected chi connectivity index (χ2v) is 14.5. The minimum atomic E-state index is -0.490. The van der Waals surface area contributed by atoms with Crippen molar-refractivity contribution in [2.75, 3.05) is 35.4 Å². The number of thioether (sulfide) groups is 1. The molecule has 0 bridgehead atoms. The van der Waals surface area contributed by atoms with Crippen LogP contribution < -0.4 is 20.9 Å². The quantitative estimate of drug-likeness (QED) is 0.0943. The molecule has 0 saturated heterocycles. The van der Waals surface area contributed by atoms with Gasteiger partial charge >= 0.3 is 0 Å². The van der Waals surface area contributed by atoms with Crippen molar-refractivity contribution >= 4 is 63.3 Å². The first-order chi connectivity index (χ1) is 24.8. The Morgan fingerprint density at radius 3 is 2.35 bits per heavy atom. The molecule has 8 nitrogen and oxygen atoms in total. The molecule has 10 heteroatoms. The lowest BCUT2D eigenvalue weighted by Gasteiger charge is -2.22. The molecule has 1 atom stereocenters. The second kappa shape index (κ2) is 16.4. The van der Waals surface area contributed by atoms with Crippen LogP contribution in [0.3, 0.4) is 0 Å². The van der Waals surface area contributed by atoms with Gasteiger partial charge in [0.1, 0.15) is 16.8 Å². The molecule has 3 amide bonds. The van der Waals surface area contributed by atoms with Crippen LogP contribution in [0.1, 0.15) is 49.8 Å². The summed E-state index contributed by atoms with van der Waals surface area (Å²) in [7, 11) is 3.90. The minimum absolute atomic E-state index is 0.0842. The molecule has 1 aliphatic rings. The van der Waals surface area contributed by atoms with Gasteiger partial charge in [-0.25, -0.2) is 0 Å². The fourth-order valence-electron chi connectivity index (χ4n) is 5.95. The average molecular weight is 712 g/mol. The van der Waals surface area contributed by atoms with E-state index < -0.39 is 11.8 Å². The van der Waals surface area contributed by atoms with E-state index in [-0.39, 0.29) is 17.4 Å². The number of fused-ring (bicyclic) bond motifs is 1. The molecular weight excluding hydrogens is 675 g/mol. The lowest BCUT2D eigenvalue weighted by Crippen LogP contribution is -2.30. The zero-order chi connectivity index (χ0) is 35.7. The number of carbonyl (C=O) groups excluding carboxylic acids is 3. The van der Waals surface area contributed by atoms with Crippen molar-refractivity contribution in [2.45, 2.75) is 30.1 Å². The zero-order valence-corrected chi connectivity index (χ0v) is 29.9. The Labute approximate surface area is 306 Å². The van der Waals surface area contributed by atoms with Gasteiger partial charge in [-0.3, -0.25) is 14.4 Å². The van der Waals surface area contributed by atoms with Crippen molar-refractivity contribution in [1.82, 2.24) is 5.32 Å². The maximum Gasteiger partial charge on any atom is 0.272 e. The number of carbonyl (C=O) groups is 3. The first kappa shape index (κ1) is 35.2. The standard InChI is InChI=1S/C41H37N5O3S2/c1-46(2)32-19-16-27(17-20-32)22-36(44-39(48)29-12-7-4-8-13-29)40(49)43-31-14-9-15-33(24-31)50-26-38(47)45-41-35(25-42)34-21-18-30(23-37(34)51-41)28-10-5-3-6-11-28/h3-17,19-20,22,24,30H,18,21,23,26H2,1-2H3,(H,43,49)(H,44,48)(H,45,47)/b36-22+. The van der Waals surface area contributed by atoms with Gasteiger partial charge in [0.05, 0.1) is 11.3 Å². The summed E-state index contributed by atoms with van der Waals surface area (Å²) in [5.41, 5.74) is 5.70. The predicted molar refractivity (Wildman–Crippen MR) is 207 cm³/mol. The summed E-state index contributed by atoms with van der Waals surface area (Å²) in [6.45, 7) is 0. The molecule has 0 aliphatic heterocycles. The molecule has 4 aromatic carbocycles. The molecule has 6 rings (SSSR count). The molecule has 0 saturated carbocycles. The molecule has 1 heterocycles. The van der Waals surface area contributed by atoms with E-state index in [0.29, 0.717) is 27.7 Å². The molecular formula is C41H37N5O3S2. The highest BCUT2D eigenvalue weighted by molar-refractivity contribution is 8.00. The van der Waals surface area contributed by atoms with E-state index >= 15 is 0 Å². The Balaban J connectivity index is 1.11. The monoisotopic (exact) mass is 711 g/mol. The topological polar surface area (TPSA) is 114 Å². The normalized spacial score (nSPS) is 13.7. The first-order valence-corrected chi connectivity index (χ1v) is 18.4. The molecule has 5 aromatic rings. The highest BCUT2D eigenvalue weighted by Crippen LogP contribution is 2.42. The number of nitriles is 1. The lowest BCUT2D eigenvalue weighted by atomic mass is 9.83. The van der Waals surface area contributed by atoms with Gasteiger partial charge in [-0.15, -0.1) is 23.1 Å². The molecule has 1 aromatic heterocycles. The van der Waals surface area contributed by atoms with Gasteiger partial charge in [-0.05, 0) is 90.4 Å². The van der Waals surface area contributed by atoms with Crippen molar-refractivity contribution in [1.29, 1.82) is 5.26 Å². The van der Waals surface area contributed by atoms with Crippen LogP contribution >= 0.6 is 23.1 Å². The Kier molecular flexibility index (Phi) is 11.3. The molecule has 1 unspecified atom stereocenters. The summed E-state index contributed by atoms with van der Waals surface area (Å²) >= 11 is 2.83. The third-order valence-corrected chi connectivity index (χ3v) is 10.8. The van der Waals surface area contributed by atoms with Gasteiger partial charge in [0, 0.05) is 40.8 Å². The van der Waals surface area contributed by atoms with Crippen molar-refractivity contribution in [2.24, 2.45) is 0 Å². The lowest BCUT2D eigenvalue weighted by molar-refractivity contribution is -0.114. The number of hydrogen-bond acceptors (Lipinski definition) is 7. The summed E-state index contributed by atoms with van der Waals surface area (Å²) in [4.78, 5) is 43.7. The Hall–Kier alpha value is -5.63. The number of thiophene rings is 1. The van der Waals surface area contributed by atoms with E-state index in [4.69, 9.17) is 0 Å². The number of anilines is 3. The molecule has 3 N–H and O–H groups in total.